The monoisotopic (exact) mass is 523 g/mol. The van der Waals surface area contributed by atoms with Gasteiger partial charge in [0.25, 0.3) is 0 Å². The molecule has 3 N–H and O–H groups in total. The molecule has 1 fully saturated rings. The Morgan fingerprint density at radius 1 is 1.13 bits per heavy atom. The van der Waals surface area contributed by atoms with Crippen LogP contribution in [0.25, 0.3) is 0 Å². The van der Waals surface area contributed by atoms with Gasteiger partial charge in [0.15, 0.2) is 17.5 Å². The van der Waals surface area contributed by atoms with E-state index in [9.17, 15) is 0 Å². The molecule has 30 heavy (non-hydrogen) atoms. The molecular weight excluding hydrogens is 493 g/mol. The van der Waals surface area contributed by atoms with Crippen LogP contribution in [0.2, 0.25) is 0 Å². The average molecular weight is 523 g/mol. The van der Waals surface area contributed by atoms with Crippen LogP contribution < -0.4 is 25.3 Å². The van der Waals surface area contributed by atoms with Crippen LogP contribution in [0.5, 0.6) is 17.2 Å². The molecule has 0 aromatic heterocycles. The van der Waals surface area contributed by atoms with E-state index >= 15 is 0 Å². The number of nitrogens with one attached hydrogen (secondary N) is 1. The third kappa shape index (κ3) is 5.50. The van der Waals surface area contributed by atoms with Gasteiger partial charge in [-0.1, -0.05) is 24.3 Å². The molecule has 162 valence electrons. The van der Waals surface area contributed by atoms with E-state index in [0.717, 1.165) is 47.6 Å². The highest BCUT2D eigenvalue weighted by molar-refractivity contribution is 14.0. The Labute approximate surface area is 195 Å². The number of fused-ring (bicyclic) bond motifs is 1. The third-order valence-corrected chi connectivity index (χ3v) is 5.54. The van der Waals surface area contributed by atoms with Gasteiger partial charge < -0.3 is 25.3 Å². The molecule has 0 bridgehead atoms. The molecule has 1 aliphatic heterocycles. The number of halogens is 1. The molecule has 1 saturated carbocycles. The first kappa shape index (κ1) is 22.5. The Bertz CT molecular complexity index is 869. The van der Waals surface area contributed by atoms with Gasteiger partial charge in [0.2, 0.25) is 0 Å². The number of para-hydroxylation sites is 1. The fourth-order valence-electron chi connectivity index (χ4n) is 3.99. The number of nitrogens with two attached hydrogens (primary N) is 1. The van der Waals surface area contributed by atoms with Crippen molar-refractivity contribution in [3.63, 3.8) is 0 Å². The molecule has 1 unspecified atom stereocenters. The van der Waals surface area contributed by atoms with Gasteiger partial charge in [-0.05, 0) is 49.4 Å². The van der Waals surface area contributed by atoms with Crippen molar-refractivity contribution in [1.29, 1.82) is 0 Å². The van der Waals surface area contributed by atoms with E-state index < -0.39 is 0 Å². The number of ether oxygens (including phenoxy) is 3. The quantitative estimate of drug-likeness (QED) is 0.330. The molecule has 7 heteroatoms. The lowest BCUT2D eigenvalue weighted by Gasteiger charge is -2.26. The molecule has 0 spiro atoms. The normalized spacial score (nSPS) is 18.7. The molecule has 1 atom stereocenters. The van der Waals surface area contributed by atoms with Crippen LogP contribution >= 0.6 is 24.0 Å². The van der Waals surface area contributed by atoms with Crippen molar-refractivity contribution in [2.75, 3.05) is 13.7 Å². The summed E-state index contributed by atoms with van der Waals surface area (Å²) in [5.41, 5.74) is 8.30. The van der Waals surface area contributed by atoms with Crippen LogP contribution in [-0.2, 0) is 6.54 Å². The highest BCUT2D eigenvalue weighted by Crippen LogP contribution is 2.33. The predicted molar refractivity (Wildman–Crippen MR) is 129 cm³/mol. The fraction of sp³-hybridized carbons (Fsp3) is 0.435. The van der Waals surface area contributed by atoms with Gasteiger partial charge in [-0.15, -0.1) is 24.0 Å². The smallest absolute Gasteiger partial charge is 0.189 e. The Balaban J connectivity index is 0.00000256. The van der Waals surface area contributed by atoms with E-state index in [1.807, 2.05) is 36.4 Å². The summed E-state index contributed by atoms with van der Waals surface area (Å²) in [5, 5.41) is 3.33. The minimum absolute atomic E-state index is 0. The second-order valence-corrected chi connectivity index (χ2v) is 7.58. The number of hydrogen-bond acceptors (Lipinski definition) is 4. The van der Waals surface area contributed by atoms with Crippen LogP contribution in [0.3, 0.4) is 0 Å². The average Bonchev–Trinajstić information content (AvgIpc) is 3.26. The Morgan fingerprint density at radius 3 is 2.73 bits per heavy atom. The number of rotatable bonds is 6. The lowest BCUT2D eigenvalue weighted by atomic mass is 10.0. The van der Waals surface area contributed by atoms with Gasteiger partial charge in [0.1, 0.15) is 5.75 Å². The molecular formula is C23H30IN3O3. The van der Waals surface area contributed by atoms with Crippen molar-refractivity contribution in [1.82, 2.24) is 5.32 Å². The molecule has 0 amide bonds. The summed E-state index contributed by atoms with van der Waals surface area (Å²) < 4.78 is 17.3. The second kappa shape index (κ2) is 10.7. The Hall–Kier alpha value is -2.16. The molecule has 2 aliphatic rings. The number of aliphatic imine (C=N–C) groups is 1. The standard InChI is InChI=1S/C23H29N3O3.HI/c1-27-22-14-16(10-11-21(22)29-17-6-2-3-7-17)15-25-23(24)26-19-12-13-28-20-9-5-4-8-18(19)20;/h4-5,8-11,14,17,19H,2-3,6-7,12-13,15H2,1H3,(H3,24,25,26);1H. The van der Waals surface area contributed by atoms with Crippen LogP contribution in [0.1, 0.15) is 49.3 Å². The maximum atomic E-state index is 6.16. The van der Waals surface area contributed by atoms with E-state index in [0.29, 0.717) is 25.2 Å². The zero-order chi connectivity index (χ0) is 20.1. The topological polar surface area (TPSA) is 78.1 Å². The fourth-order valence-corrected chi connectivity index (χ4v) is 3.99. The van der Waals surface area contributed by atoms with Crippen molar-refractivity contribution in [2.24, 2.45) is 10.7 Å². The van der Waals surface area contributed by atoms with Gasteiger partial charge in [0, 0.05) is 12.0 Å². The molecule has 4 rings (SSSR count). The van der Waals surface area contributed by atoms with E-state index in [4.69, 9.17) is 19.9 Å². The summed E-state index contributed by atoms with van der Waals surface area (Å²) in [7, 11) is 1.67. The van der Waals surface area contributed by atoms with Crippen molar-refractivity contribution in [2.45, 2.75) is 50.8 Å². The molecule has 1 aliphatic carbocycles. The number of hydrogen-bond donors (Lipinski definition) is 2. The number of benzene rings is 2. The van der Waals surface area contributed by atoms with Gasteiger partial charge >= 0.3 is 0 Å². The summed E-state index contributed by atoms with van der Waals surface area (Å²) in [6.45, 7) is 1.14. The van der Waals surface area contributed by atoms with Crippen molar-refractivity contribution in [3.8, 4) is 17.2 Å². The Morgan fingerprint density at radius 2 is 1.93 bits per heavy atom. The van der Waals surface area contributed by atoms with Crippen LogP contribution in [0.15, 0.2) is 47.5 Å². The SMILES string of the molecule is COc1cc(CN=C(N)NC2CCOc3ccccc32)ccc1OC1CCCC1.I. The van der Waals surface area contributed by atoms with E-state index in [2.05, 4.69) is 16.4 Å². The predicted octanol–water partition coefficient (Wildman–Crippen LogP) is 4.56. The maximum Gasteiger partial charge on any atom is 0.189 e. The lowest BCUT2D eigenvalue weighted by Crippen LogP contribution is -2.37. The number of nitrogens with zero attached hydrogens (tertiary/aromatic N) is 1. The lowest BCUT2D eigenvalue weighted by molar-refractivity contribution is 0.200. The van der Waals surface area contributed by atoms with Crippen LogP contribution in [-0.4, -0.2) is 25.8 Å². The summed E-state index contributed by atoms with van der Waals surface area (Å²) in [5.74, 6) is 2.88. The highest BCUT2D eigenvalue weighted by atomic mass is 127. The highest BCUT2D eigenvalue weighted by Gasteiger charge is 2.21. The van der Waals surface area contributed by atoms with Gasteiger partial charge in [-0.25, -0.2) is 4.99 Å². The number of methoxy groups -OCH3 is 1. The third-order valence-electron chi connectivity index (χ3n) is 5.54. The van der Waals surface area contributed by atoms with Gasteiger partial charge in [-0.2, -0.15) is 0 Å². The van der Waals surface area contributed by atoms with Crippen molar-refractivity contribution < 1.29 is 14.2 Å². The van der Waals surface area contributed by atoms with Gasteiger partial charge in [0.05, 0.1) is 32.4 Å². The molecule has 0 saturated heterocycles. The summed E-state index contributed by atoms with van der Waals surface area (Å²) in [6.07, 6.45) is 5.87. The van der Waals surface area contributed by atoms with E-state index in [1.165, 1.54) is 12.8 Å². The molecule has 1 heterocycles. The van der Waals surface area contributed by atoms with E-state index in [-0.39, 0.29) is 30.0 Å². The summed E-state index contributed by atoms with van der Waals surface area (Å²) in [6, 6.07) is 14.1. The minimum Gasteiger partial charge on any atom is -0.493 e. The molecule has 0 radical (unpaired) electrons. The van der Waals surface area contributed by atoms with Gasteiger partial charge in [-0.3, -0.25) is 0 Å². The first-order valence-electron chi connectivity index (χ1n) is 10.3. The maximum absolute atomic E-state index is 6.16. The van der Waals surface area contributed by atoms with E-state index in [1.54, 1.807) is 7.11 Å². The van der Waals surface area contributed by atoms with Crippen molar-refractivity contribution >= 4 is 29.9 Å². The summed E-state index contributed by atoms with van der Waals surface area (Å²) >= 11 is 0. The molecule has 2 aromatic rings. The minimum atomic E-state index is 0. The van der Waals surface area contributed by atoms with Crippen molar-refractivity contribution in [3.05, 3.63) is 53.6 Å². The second-order valence-electron chi connectivity index (χ2n) is 7.58. The zero-order valence-corrected chi connectivity index (χ0v) is 19.6. The zero-order valence-electron chi connectivity index (χ0n) is 17.3. The summed E-state index contributed by atoms with van der Waals surface area (Å²) in [4.78, 5) is 4.52. The Kier molecular flexibility index (Phi) is 8.07. The molecule has 2 aromatic carbocycles. The van der Waals surface area contributed by atoms with Crippen LogP contribution in [0, 0.1) is 0 Å². The largest absolute Gasteiger partial charge is 0.493 e. The number of guanidine groups is 1. The van der Waals surface area contributed by atoms with Crippen LogP contribution in [0.4, 0.5) is 0 Å². The molecule has 6 nitrogen and oxygen atoms in total. The first-order valence-corrected chi connectivity index (χ1v) is 10.3. The first-order chi connectivity index (χ1) is 14.2.